The summed E-state index contributed by atoms with van der Waals surface area (Å²) in [6.07, 6.45) is 1.16. The Bertz CT molecular complexity index is 962. The molecule has 122 valence electrons. The van der Waals surface area contributed by atoms with Gasteiger partial charge in [0.15, 0.2) is 0 Å². The van der Waals surface area contributed by atoms with Crippen molar-refractivity contribution < 1.29 is 9.53 Å². The highest BCUT2D eigenvalue weighted by Gasteiger charge is 2.19. The second-order valence-corrected chi connectivity index (χ2v) is 7.57. The molecule has 2 nitrogen and oxygen atoms in total. The lowest BCUT2D eigenvalue weighted by atomic mass is 10.1. The summed E-state index contributed by atoms with van der Waals surface area (Å²) >= 11 is 3.61. The second kappa shape index (κ2) is 6.82. The molecule has 1 heterocycles. The number of carbonyl (C=O) groups excluding carboxylic acids is 1. The van der Waals surface area contributed by atoms with Crippen molar-refractivity contribution >= 4 is 29.5 Å². The van der Waals surface area contributed by atoms with Crippen molar-refractivity contribution in [3.63, 3.8) is 0 Å². The quantitative estimate of drug-likeness (QED) is 0.251. The van der Waals surface area contributed by atoms with Crippen LogP contribution >= 0.6 is 23.5 Å². The van der Waals surface area contributed by atoms with E-state index < -0.39 is 5.97 Å². The van der Waals surface area contributed by atoms with Gasteiger partial charge in [0.05, 0.1) is 0 Å². The van der Waals surface area contributed by atoms with E-state index in [4.69, 9.17) is 4.74 Å². The fraction of sp³-hybridized carbons (Fsp3) is 0. The fourth-order valence-electron chi connectivity index (χ4n) is 2.64. The van der Waals surface area contributed by atoms with E-state index >= 15 is 0 Å². The van der Waals surface area contributed by atoms with Crippen LogP contribution in [0.5, 0.6) is 5.75 Å². The molecule has 0 bridgehead atoms. The van der Waals surface area contributed by atoms with Crippen molar-refractivity contribution in [3.8, 4) is 16.9 Å². The van der Waals surface area contributed by atoms with Gasteiger partial charge in [-0.3, -0.25) is 0 Å². The first-order valence-electron chi connectivity index (χ1n) is 7.77. The highest BCUT2D eigenvalue weighted by molar-refractivity contribution is 8.05. The summed E-state index contributed by atoms with van der Waals surface area (Å²) < 4.78 is 5.15. The van der Waals surface area contributed by atoms with Crippen LogP contribution < -0.4 is 4.74 Å². The van der Waals surface area contributed by atoms with Gasteiger partial charge in [-0.1, -0.05) is 66.5 Å². The number of esters is 1. The van der Waals surface area contributed by atoms with Crippen molar-refractivity contribution in [3.05, 3.63) is 79.4 Å². The zero-order chi connectivity index (χ0) is 17.2. The predicted molar refractivity (Wildman–Crippen MR) is 102 cm³/mol. The van der Waals surface area contributed by atoms with Crippen LogP contribution in [-0.4, -0.2) is 5.97 Å². The van der Waals surface area contributed by atoms with Crippen LogP contribution in [0.1, 0.15) is 0 Å². The lowest BCUT2D eigenvalue weighted by Crippen LogP contribution is -2.02. The van der Waals surface area contributed by atoms with Crippen molar-refractivity contribution in [2.75, 3.05) is 0 Å². The third kappa shape index (κ3) is 3.23. The third-order valence-electron chi connectivity index (χ3n) is 3.81. The molecule has 25 heavy (non-hydrogen) atoms. The molecule has 1 aliphatic rings. The van der Waals surface area contributed by atoms with E-state index in [1.54, 1.807) is 23.5 Å². The summed E-state index contributed by atoms with van der Waals surface area (Å²) in [6.45, 7) is 3.41. The zero-order valence-electron chi connectivity index (χ0n) is 13.3. The van der Waals surface area contributed by atoms with E-state index in [2.05, 4.69) is 49.0 Å². The molecule has 0 aromatic heterocycles. The highest BCUT2D eigenvalue weighted by Crippen LogP contribution is 2.51. The molecule has 0 amide bonds. The van der Waals surface area contributed by atoms with Crippen molar-refractivity contribution in [1.82, 2.24) is 0 Å². The predicted octanol–water partition coefficient (Wildman–Crippen LogP) is 6.06. The Hall–Kier alpha value is -2.43. The van der Waals surface area contributed by atoms with E-state index in [1.165, 1.54) is 25.1 Å². The average molecular weight is 362 g/mol. The van der Waals surface area contributed by atoms with Gasteiger partial charge in [-0.05, 0) is 41.5 Å². The summed E-state index contributed by atoms with van der Waals surface area (Å²) in [5.74, 6) is 0.0687. The molecule has 0 saturated carbocycles. The minimum atomic E-state index is -0.451. The van der Waals surface area contributed by atoms with Gasteiger partial charge >= 0.3 is 5.97 Å². The summed E-state index contributed by atoms with van der Waals surface area (Å²) in [5, 5.41) is 0. The lowest BCUT2D eigenvalue weighted by Gasteiger charge is -2.21. The third-order valence-corrected chi connectivity index (χ3v) is 6.42. The van der Waals surface area contributed by atoms with Crippen molar-refractivity contribution in [2.45, 2.75) is 19.6 Å². The molecule has 0 radical (unpaired) electrons. The maximum Gasteiger partial charge on any atom is 0.335 e. The topological polar surface area (TPSA) is 26.3 Å². The molecule has 0 N–H and O–H groups in total. The first-order chi connectivity index (χ1) is 12.2. The number of fused-ring (bicyclic) bond motifs is 2. The SMILES string of the molecule is C=CC(=O)Oc1ccc(-c2cccc3c2Sc2ccccc2S3)cc1. The van der Waals surface area contributed by atoms with Crippen LogP contribution in [-0.2, 0) is 4.79 Å². The van der Waals surface area contributed by atoms with Crippen LogP contribution in [0, 0.1) is 0 Å². The molecule has 0 unspecified atom stereocenters. The second-order valence-electron chi connectivity index (χ2n) is 5.43. The first-order valence-corrected chi connectivity index (χ1v) is 9.40. The van der Waals surface area contributed by atoms with Gasteiger partial charge in [0.25, 0.3) is 0 Å². The largest absolute Gasteiger partial charge is 0.423 e. The van der Waals surface area contributed by atoms with Gasteiger partial charge < -0.3 is 4.74 Å². The number of ether oxygens (including phenoxy) is 1. The maximum absolute atomic E-state index is 11.3. The summed E-state index contributed by atoms with van der Waals surface area (Å²) in [5.41, 5.74) is 2.29. The molecule has 3 aromatic carbocycles. The summed E-state index contributed by atoms with van der Waals surface area (Å²) in [4.78, 5) is 16.4. The highest BCUT2D eigenvalue weighted by atomic mass is 32.2. The minimum Gasteiger partial charge on any atom is -0.423 e. The average Bonchev–Trinajstić information content (AvgIpc) is 2.66. The van der Waals surface area contributed by atoms with E-state index in [0.29, 0.717) is 5.75 Å². The normalized spacial score (nSPS) is 12.0. The monoisotopic (exact) mass is 362 g/mol. The van der Waals surface area contributed by atoms with Crippen LogP contribution in [0.15, 0.2) is 99.0 Å². The van der Waals surface area contributed by atoms with Gasteiger partial charge in [-0.15, -0.1) is 0 Å². The van der Waals surface area contributed by atoms with Crippen molar-refractivity contribution in [1.29, 1.82) is 0 Å². The Morgan fingerprint density at radius 3 is 2.24 bits per heavy atom. The Morgan fingerprint density at radius 1 is 0.840 bits per heavy atom. The van der Waals surface area contributed by atoms with Gasteiger partial charge in [-0.25, -0.2) is 4.79 Å². The molecule has 0 fully saturated rings. The molecule has 4 rings (SSSR count). The zero-order valence-corrected chi connectivity index (χ0v) is 14.9. The fourth-order valence-corrected chi connectivity index (χ4v) is 5.04. The van der Waals surface area contributed by atoms with Crippen LogP contribution in [0.4, 0.5) is 0 Å². The van der Waals surface area contributed by atoms with Crippen molar-refractivity contribution in [2.24, 2.45) is 0 Å². The Morgan fingerprint density at radius 2 is 1.52 bits per heavy atom. The van der Waals surface area contributed by atoms with E-state index in [-0.39, 0.29) is 0 Å². The van der Waals surface area contributed by atoms with Gasteiger partial charge in [0, 0.05) is 25.7 Å². The standard InChI is InChI=1S/C21H14O2S2/c1-2-20(22)23-15-12-10-14(11-13-15)16-6-5-9-19-21(16)25-18-8-4-3-7-17(18)24-19/h2-13H,1H2. The minimum absolute atomic E-state index is 0.451. The van der Waals surface area contributed by atoms with Gasteiger partial charge in [0.1, 0.15) is 5.75 Å². The molecule has 0 saturated heterocycles. The number of carbonyl (C=O) groups is 1. The van der Waals surface area contributed by atoms with E-state index in [0.717, 1.165) is 11.6 Å². The number of hydrogen-bond acceptors (Lipinski definition) is 4. The van der Waals surface area contributed by atoms with E-state index in [1.807, 2.05) is 24.3 Å². The Labute approximate surface area is 154 Å². The summed E-state index contributed by atoms with van der Waals surface area (Å²) in [6, 6.07) is 22.4. The number of benzene rings is 3. The molecule has 3 aromatic rings. The first kappa shape index (κ1) is 16.1. The molecule has 0 atom stereocenters. The number of rotatable bonds is 3. The van der Waals surface area contributed by atoms with Crippen LogP contribution in [0.3, 0.4) is 0 Å². The maximum atomic E-state index is 11.3. The Balaban J connectivity index is 1.69. The molecular weight excluding hydrogens is 348 g/mol. The Kier molecular flexibility index (Phi) is 4.38. The van der Waals surface area contributed by atoms with Gasteiger partial charge in [0.2, 0.25) is 0 Å². The molecule has 0 spiro atoms. The summed E-state index contributed by atoms with van der Waals surface area (Å²) in [7, 11) is 0. The molecular formula is C21H14O2S2. The van der Waals surface area contributed by atoms with E-state index in [9.17, 15) is 4.79 Å². The van der Waals surface area contributed by atoms with Crippen LogP contribution in [0.25, 0.3) is 11.1 Å². The molecule has 1 aliphatic heterocycles. The smallest absolute Gasteiger partial charge is 0.335 e. The molecule has 4 heteroatoms. The molecule has 0 aliphatic carbocycles. The van der Waals surface area contributed by atoms with Crippen LogP contribution in [0.2, 0.25) is 0 Å². The lowest BCUT2D eigenvalue weighted by molar-refractivity contribution is -0.128. The van der Waals surface area contributed by atoms with Gasteiger partial charge in [-0.2, -0.15) is 0 Å². The number of hydrogen-bond donors (Lipinski definition) is 0.